The zero-order valence-corrected chi connectivity index (χ0v) is 12.8. The Labute approximate surface area is 126 Å². The number of alkyl halides is 3. The van der Waals surface area contributed by atoms with Crippen LogP contribution in [0.25, 0.3) is 0 Å². The molecular formula is C11H15ClF4N2O2S. The monoisotopic (exact) mass is 350 g/mol. The summed E-state index contributed by atoms with van der Waals surface area (Å²) in [7, 11) is -2.76. The number of hydrogen-bond acceptors (Lipinski definition) is 3. The fraction of sp³-hybridized carbons (Fsp3) is 0.455. The summed E-state index contributed by atoms with van der Waals surface area (Å²) in [6, 6.07) is 1.00. The highest BCUT2D eigenvalue weighted by atomic mass is 35.5. The molecule has 0 spiro atoms. The summed E-state index contributed by atoms with van der Waals surface area (Å²) in [5, 5.41) is 2.74. The van der Waals surface area contributed by atoms with Crippen LogP contribution in [0.2, 0.25) is 0 Å². The van der Waals surface area contributed by atoms with E-state index in [0.29, 0.717) is 12.1 Å². The highest BCUT2D eigenvalue weighted by Crippen LogP contribution is 2.31. The van der Waals surface area contributed by atoms with Gasteiger partial charge in [-0.15, -0.1) is 12.4 Å². The van der Waals surface area contributed by atoms with Crippen molar-refractivity contribution in [2.45, 2.75) is 24.0 Å². The zero-order valence-electron chi connectivity index (χ0n) is 11.2. The van der Waals surface area contributed by atoms with Crippen LogP contribution in [0.5, 0.6) is 0 Å². The van der Waals surface area contributed by atoms with E-state index in [1.807, 2.05) is 4.72 Å². The lowest BCUT2D eigenvalue weighted by molar-refractivity contribution is -0.137. The molecule has 2 N–H and O–H groups in total. The van der Waals surface area contributed by atoms with Crippen molar-refractivity contribution in [1.29, 1.82) is 0 Å². The third kappa shape index (κ3) is 5.42. The Balaban J connectivity index is 0.00000400. The van der Waals surface area contributed by atoms with E-state index in [4.69, 9.17) is 0 Å². The summed E-state index contributed by atoms with van der Waals surface area (Å²) in [6.45, 7) is 1.58. The topological polar surface area (TPSA) is 58.2 Å². The third-order valence-corrected chi connectivity index (χ3v) is 4.06. The molecular weight excluding hydrogens is 336 g/mol. The van der Waals surface area contributed by atoms with Crippen molar-refractivity contribution in [1.82, 2.24) is 10.0 Å². The van der Waals surface area contributed by atoms with E-state index in [1.54, 1.807) is 14.0 Å². The minimum Gasteiger partial charge on any atom is -0.316 e. The molecule has 0 aromatic heterocycles. The van der Waals surface area contributed by atoms with Crippen LogP contribution in [0, 0.1) is 5.82 Å². The molecule has 10 heteroatoms. The van der Waals surface area contributed by atoms with E-state index in [9.17, 15) is 26.0 Å². The van der Waals surface area contributed by atoms with E-state index < -0.39 is 32.5 Å². The minimum atomic E-state index is -4.74. The molecule has 0 aliphatic carbocycles. The van der Waals surface area contributed by atoms with Gasteiger partial charge in [0.1, 0.15) is 10.7 Å². The van der Waals surface area contributed by atoms with Crippen LogP contribution < -0.4 is 10.0 Å². The molecule has 0 saturated heterocycles. The molecule has 0 fully saturated rings. The number of rotatable bonds is 5. The summed E-state index contributed by atoms with van der Waals surface area (Å²) in [5.41, 5.74) is -1.22. The molecule has 0 bridgehead atoms. The number of benzene rings is 1. The lowest BCUT2D eigenvalue weighted by Crippen LogP contribution is -2.37. The van der Waals surface area contributed by atoms with Crippen molar-refractivity contribution in [3.8, 4) is 0 Å². The summed E-state index contributed by atoms with van der Waals surface area (Å²) >= 11 is 0. The maximum Gasteiger partial charge on any atom is 0.416 e. The Kier molecular flexibility index (Phi) is 7.07. The number of hydrogen-bond donors (Lipinski definition) is 2. The standard InChI is InChI=1S/C11H14F4N2O2S.ClH/c1-7(16-2)6-17-20(18,19)10-5-8(11(13,14)15)3-4-9(10)12;/h3-5,7,16-17H,6H2,1-2H3;1H. The average molecular weight is 351 g/mol. The largest absolute Gasteiger partial charge is 0.416 e. The van der Waals surface area contributed by atoms with Gasteiger partial charge in [0.15, 0.2) is 0 Å². The highest BCUT2D eigenvalue weighted by molar-refractivity contribution is 7.89. The van der Waals surface area contributed by atoms with Crippen molar-refractivity contribution in [3.63, 3.8) is 0 Å². The van der Waals surface area contributed by atoms with E-state index in [1.165, 1.54) is 0 Å². The first-order valence-corrected chi connectivity index (χ1v) is 7.10. The molecule has 0 radical (unpaired) electrons. The number of nitrogens with one attached hydrogen (secondary N) is 2. The van der Waals surface area contributed by atoms with Crippen LogP contribution >= 0.6 is 12.4 Å². The van der Waals surface area contributed by atoms with E-state index in [2.05, 4.69) is 5.32 Å². The van der Waals surface area contributed by atoms with Crippen molar-refractivity contribution in [2.75, 3.05) is 13.6 Å². The molecule has 0 amide bonds. The van der Waals surface area contributed by atoms with Crippen LogP contribution in [-0.2, 0) is 16.2 Å². The van der Waals surface area contributed by atoms with Gasteiger partial charge in [0.25, 0.3) is 0 Å². The summed E-state index contributed by atoms with van der Waals surface area (Å²) < 4.78 is 76.6. The Hall–Kier alpha value is -0.900. The van der Waals surface area contributed by atoms with Gasteiger partial charge in [-0.05, 0) is 32.2 Å². The van der Waals surface area contributed by atoms with Crippen LogP contribution in [0.3, 0.4) is 0 Å². The second kappa shape index (κ2) is 7.39. The van der Waals surface area contributed by atoms with Gasteiger partial charge in [-0.3, -0.25) is 0 Å². The molecule has 0 aliphatic heterocycles. The zero-order chi connectivity index (χ0) is 15.6. The molecule has 0 saturated carbocycles. The molecule has 4 nitrogen and oxygen atoms in total. The predicted molar refractivity (Wildman–Crippen MR) is 72.4 cm³/mol. The minimum absolute atomic E-state index is 0. The summed E-state index contributed by atoms with van der Waals surface area (Å²) in [6.07, 6.45) is -4.74. The molecule has 1 rings (SSSR count). The van der Waals surface area contributed by atoms with Gasteiger partial charge in [-0.1, -0.05) is 0 Å². The number of sulfonamides is 1. The van der Waals surface area contributed by atoms with Crippen LogP contribution in [0.4, 0.5) is 17.6 Å². The van der Waals surface area contributed by atoms with Gasteiger partial charge in [0.2, 0.25) is 10.0 Å². The van der Waals surface area contributed by atoms with Crippen LogP contribution in [-0.4, -0.2) is 28.1 Å². The second-order valence-corrected chi connectivity index (χ2v) is 5.92. The smallest absolute Gasteiger partial charge is 0.316 e. The van der Waals surface area contributed by atoms with E-state index >= 15 is 0 Å². The molecule has 1 aromatic carbocycles. The normalized spacial score (nSPS) is 13.6. The fourth-order valence-electron chi connectivity index (χ4n) is 1.30. The summed E-state index contributed by atoms with van der Waals surface area (Å²) in [5.74, 6) is -1.23. The third-order valence-electron chi connectivity index (χ3n) is 2.62. The van der Waals surface area contributed by atoms with Gasteiger partial charge in [-0.2, -0.15) is 13.2 Å². The van der Waals surface area contributed by atoms with Crippen LogP contribution in [0.15, 0.2) is 23.1 Å². The Morgan fingerprint density at radius 3 is 2.33 bits per heavy atom. The van der Waals surface area contributed by atoms with Crippen molar-refractivity contribution < 1.29 is 26.0 Å². The van der Waals surface area contributed by atoms with Gasteiger partial charge in [0.05, 0.1) is 5.56 Å². The Bertz CT molecular complexity index is 578. The van der Waals surface area contributed by atoms with Crippen molar-refractivity contribution >= 4 is 22.4 Å². The quantitative estimate of drug-likeness (QED) is 0.800. The van der Waals surface area contributed by atoms with Gasteiger partial charge >= 0.3 is 6.18 Å². The summed E-state index contributed by atoms with van der Waals surface area (Å²) in [4.78, 5) is -1.02. The molecule has 122 valence electrons. The SMILES string of the molecule is CNC(C)CNS(=O)(=O)c1cc(C(F)(F)F)ccc1F.Cl. The molecule has 1 atom stereocenters. The lowest BCUT2D eigenvalue weighted by Gasteiger charge is -2.14. The van der Waals surface area contributed by atoms with Crippen molar-refractivity contribution in [2.24, 2.45) is 0 Å². The Morgan fingerprint density at radius 2 is 1.86 bits per heavy atom. The maximum atomic E-state index is 13.5. The first-order valence-electron chi connectivity index (χ1n) is 5.61. The van der Waals surface area contributed by atoms with Gasteiger partial charge < -0.3 is 5.32 Å². The highest BCUT2D eigenvalue weighted by Gasteiger charge is 2.33. The van der Waals surface area contributed by atoms with Gasteiger partial charge in [0, 0.05) is 12.6 Å². The lowest BCUT2D eigenvalue weighted by atomic mass is 10.2. The fourth-order valence-corrected chi connectivity index (χ4v) is 2.53. The predicted octanol–water partition coefficient (Wildman–Crippen LogP) is 2.15. The molecule has 21 heavy (non-hydrogen) atoms. The van der Waals surface area contributed by atoms with Crippen molar-refractivity contribution in [3.05, 3.63) is 29.6 Å². The number of likely N-dealkylation sites (N-methyl/N-ethyl adjacent to an activating group) is 1. The maximum absolute atomic E-state index is 13.5. The first kappa shape index (κ1) is 20.1. The average Bonchev–Trinajstić information content (AvgIpc) is 2.34. The second-order valence-electron chi connectivity index (χ2n) is 4.18. The molecule has 0 aliphatic rings. The van der Waals surface area contributed by atoms with E-state index in [-0.39, 0.29) is 31.1 Å². The molecule has 1 unspecified atom stereocenters. The molecule has 1 aromatic rings. The molecule has 0 heterocycles. The number of halogens is 5. The first-order chi connectivity index (χ1) is 9.08. The van der Waals surface area contributed by atoms with Gasteiger partial charge in [-0.25, -0.2) is 17.5 Å². The van der Waals surface area contributed by atoms with Crippen LogP contribution in [0.1, 0.15) is 12.5 Å². The Morgan fingerprint density at radius 1 is 1.29 bits per heavy atom. The van der Waals surface area contributed by atoms with E-state index in [0.717, 1.165) is 0 Å².